The van der Waals surface area contributed by atoms with Crippen molar-refractivity contribution < 1.29 is 23.6 Å². The molecule has 7 nitrogen and oxygen atoms in total. The number of nitrogens with zero attached hydrogens (tertiary/aromatic N) is 2. The SMILES string of the molecule is O=C(CCc1nc2ccccc2o1)N1CC[NH+](Cc2ccc3c(c2)OCO3)CC1. The molecule has 0 aliphatic carbocycles. The maximum atomic E-state index is 12.6. The van der Waals surface area contributed by atoms with Gasteiger partial charge in [-0.05, 0) is 30.3 Å². The highest BCUT2D eigenvalue weighted by Gasteiger charge is 2.24. The molecule has 3 aromatic rings. The largest absolute Gasteiger partial charge is 0.454 e. The van der Waals surface area contributed by atoms with E-state index in [1.54, 1.807) is 0 Å². The Labute approximate surface area is 168 Å². The predicted octanol–water partition coefficient (Wildman–Crippen LogP) is 1.42. The molecule has 150 valence electrons. The first kappa shape index (κ1) is 18.0. The molecule has 0 atom stereocenters. The Morgan fingerprint density at radius 1 is 1.07 bits per heavy atom. The zero-order chi connectivity index (χ0) is 19.6. The Morgan fingerprint density at radius 3 is 2.76 bits per heavy atom. The predicted molar refractivity (Wildman–Crippen MR) is 106 cm³/mol. The van der Waals surface area contributed by atoms with Crippen LogP contribution in [0.4, 0.5) is 0 Å². The monoisotopic (exact) mass is 394 g/mol. The number of nitrogens with one attached hydrogen (secondary N) is 1. The third-order valence-electron chi connectivity index (χ3n) is 5.61. The van der Waals surface area contributed by atoms with Crippen LogP contribution in [0.25, 0.3) is 11.1 Å². The van der Waals surface area contributed by atoms with Gasteiger partial charge in [0, 0.05) is 18.4 Å². The number of amides is 1. The number of aromatic nitrogens is 1. The summed E-state index contributed by atoms with van der Waals surface area (Å²) in [5.41, 5.74) is 2.85. The standard InChI is InChI=1S/C22H23N3O4/c26-22(8-7-21-23-17-3-1-2-4-18(17)29-21)25-11-9-24(10-12-25)14-16-5-6-19-20(13-16)28-15-27-19/h1-6,13H,7-12,14-15H2/p+1. The van der Waals surface area contributed by atoms with Gasteiger partial charge in [-0.15, -0.1) is 0 Å². The topological polar surface area (TPSA) is 69.2 Å². The lowest BCUT2D eigenvalue weighted by Gasteiger charge is -2.32. The van der Waals surface area contributed by atoms with Gasteiger partial charge in [-0.25, -0.2) is 4.98 Å². The van der Waals surface area contributed by atoms with E-state index in [2.05, 4.69) is 17.1 Å². The molecule has 1 saturated heterocycles. The van der Waals surface area contributed by atoms with E-state index in [0.717, 1.165) is 55.3 Å². The lowest BCUT2D eigenvalue weighted by Crippen LogP contribution is -3.13. The molecule has 0 unspecified atom stereocenters. The number of carbonyl (C=O) groups is 1. The molecule has 2 aromatic carbocycles. The fourth-order valence-corrected chi connectivity index (χ4v) is 3.99. The summed E-state index contributed by atoms with van der Waals surface area (Å²) in [5.74, 6) is 2.45. The van der Waals surface area contributed by atoms with Crippen molar-refractivity contribution in [2.24, 2.45) is 0 Å². The van der Waals surface area contributed by atoms with Crippen molar-refractivity contribution in [3.63, 3.8) is 0 Å². The van der Waals surface area contributed by atoms with E-state index in [0.29, 0.717) is 25.5 Å². The number of fused-ring (bicyclic) bond motifs is 2. The second-order valence-electron chi connectivity index (χ2n) is 7.57. The van der Waals surface area contributed by atoms with E-state index < -0.39 is 0 Å². The van der Waals surface area contributed by atoms with Crippen LogP contribution in [0.3, 0.4) is 0 Å². The molecule has 0 radical (unpaired) electrons. The number of oxazole rings is 1. The number of ether oxygens (including phenoxy) is 2. The molecule has 1 amide bonds. The first-order valence-electron chi connectivity index (χ1n) is 10.1. The number of quaternary nitrogens is 1. The van der Waals surface area contributed by atoms with Crippen LogP contribution >= 0.6 is 0 Å². The molecule has 2 aliphatic rings. The van der Waals surface area contributed by atoms with Crippen LogP contribution in [0.1, 0.15) is 17.9 Å². The van der Waals surface area contributed by atoms with Crippen molar-refractivity contribution in [2.75, 3.05) is 33.0 Å². The zero-order valence-corrected chi connectivity index (χ0v) is 16.2. The zero-order valence-electron chi connectivity index (χ0n) is 16.2. The van der Waals surface area contributed by atoms with Gasteiger partial charge in [-0.3, -0.25) is 4.79 Å². The number of benzene rings is 2. The van der Waals surface area contributed by atoms with Gasteiger partial charge in [-0.1, -0.05) is 12.1 Å². The second kappa shape index (κ2) is 7.75. The Kier molecular flexibility index (Phi) is 4.81. The van der Waals surface area contributed by atoms with Crippen molar-refractivity contribution in [3.05, 3.63) is 53.9 Å². The number of hydrogen-bond acceptors (Lipinski definition) is 5. The van der Waals surface area contributed by atoms with Gasteiger partial charge in [0.05, 0.1) is 26.2 Å². The highest BCUT2D eigenvalue weighted by Crippen LogP contribution is 2.32. The van der Waals surface area contributed by atoms with Crippen LogP contribution in [0.15, 0.2) is 46.9 Å². The molecule has 3 heterocycles. The van der Waals surface area contributed by atoms with Gasteiger partial charge in [0.2, 0.25) is 12.7 Å². The van der Waals surface area contributed by atoms with Crippen LogP contribution < -0.4 is 14.4 Å². The molecule has 1 fully saturated rings. The van der Waals surface area contributed by atoms with Gasteiger partial charge >= 0.3 is 0 Å². The van der Waals surface area contributed by atoms with E-state index in [1.807, 2.05) is 35.2 Å². The van der Waals surface area contributed by atoms with Crippen LogP contribution in [0.2, 0.25) is 0 Å². The van der Waals surface area contributed by atoms with Crippen molar-refractivity contribution in [3.8, 4) is 11.5 Å². The molecule has 7 heteroatoms. The minimum absolute atomic E-state index is 0.175. The fourth-order valence-electron chi connectivity index (χ4n) is 3.99. The molecular weight excluding hydrogens is 370 g/mol. The number of hydrogen-bond donors (Lipinski definition) is 1. The molecule has 5 rings (SSSR count). The summed E-state index contributed by atoms with van der Waals surface area (Å²) >= 11 is 0. The first-order chi connectivity index (χ1) is 14.2. The summed E-state index contributed by atoms with van der Waals surface area (Å²) in [5, 5.41) is 0. The van der Waals surface area contributed by atoms with Crippen molar-refractivity contribution in [1.82, 2.24) is 9.88 Å². The molecule has 2 aliphatic heterocycles. The molecule has 0 spiro atoms. The van der Waals surface area contributed by atoms with Crippen LogP contribution in [-0.4, -0.2) is 48.8 Å². The Bertz CT molecular complexity index is 991. The molecule has 0 saturated carbocycles. The maximum absolute atomic E-state index is 12.6. The minimum Gasteiger partial charge on any atom is -0.454 e. The molecule has 0 bridgehead atoms. The van der Waals surface area contributed by atoms with Crippen molar-refractivity contribution >= 4 is 17.0 Å². The first-order valence-corrected chi connectivity index (χ1v) is 10.1. The summed E-state index contributed by atoms with van der Waals surface area (Å²) in [6.45, 7) is 4.70. The van der Waals surface area contributed by atoms with Gasteiger partial charge in [0.15, 0.2) is 23.0 Å². The molecule has 1 aromatic heterocycles. The third-order valence-corrected chi connectivity index (χ3v) is 5.61. The number of piperazine rings is 1. The minimum atomic E-state index is 0.175. The fraction of sp³-hybridized carbons (Fsp3) is 0.364. The van der Waals surface area contributed by atoms with E-state index in [9.17, 15) is 4.79 Å². The molecule has 1 N–H and O–H groups in total. The van der Waals surface area contributed by atoms with Crippen LogP contribution in [0.5, 0.6) is 11.5 Å². The molecule has 29 heavy (non-hydrogen) atoms. The highest BCUT2D eigenvalue weighted by molar-refractivity contribution is 5.76. The van der Waals surface area contributed by atoms with Gasteiger partial charge in [0.1, 0.15) is 12.1 Å². The summed E-state index contributed by atoms with van der Waals surface area (Å²) in [6, 6.07) is 13.8. The van der Waals surface area contributed by atoms with Crippen molar-refractivity contribution in [2.45, 2.75) is 19.4 Å². The lowest BCUT2D eigenvalue weighted by molar-refractivity contribution is -0.917. The van der Waals surface area contributed by atoms with Gasteiger partial charge in [0.25, 0.3) is 0 Å². The van der Waals surface area contributed by atoms with E-state index in [-0.39, 0.29) is 5.91 Å². The number of carbonyl (C=O) groups excluding carboxylic acids is 1. The quantitative estimate of drug-likeness (QED) is 0.709. The highest BCUT2D eigenvalue weighted by atomic mass is 16.7. The Hall–Kier alpha value is -3.06. The second-order valence-corrected chi connectivity index (χ2v) is 7.57. The third kappa shape index (κ3) is 3.91. The number of para-hydroxylation sites is 2. The summed E-state index contributed by atoms with van der Waals surface area (Å²) < 4.78 is 16.5. The van der Waals surface area contributed by atoms with E-state index in [4.69, 9.17) is 13.9 Å². The van der Waals surface area contributed by atoms with Crippen LogP contribution in [0, 0.1) is 0 Å². The van der Waals surface area contributed by atoms with Crippen LogP contribution in [-0.2, 0) is 17.8 Å². The normalized spacial score (nSPS) is 16.5. The summed E-state index contributed by atoms with van der Waals surface area (Å²) in [4.78, 5) is 20.5. The van der Waals surface area contributed by atoms with Crippen molar-refractivity contribution in [1.29, 1.82) is 0 Å². The lowest BCUT2D eigenvalue weighted by atomic mass is 10.1. The Balaban J connectivity index is 1.11. The Morgan fingerprint density at radius 2 is 1.90 bits per heavy atom. The van der Waals surface area contributed by atoms with Gasteiger partial charge in [-0.2, -0.15) is 0 Å². The van der Waals surface area contributed by atoms with Gasteiger partial charge < -0.3 is 23.7 Å². The van der Waals surface area contributed by atoms with E-state index in [1.165, 1.54) is 10.5 Å². The van der Waals surface area contributed by atoms with E-state index >= 15 is 0 Å². The average Bonchev–Trinajstić information content (AvgIpc) is 3.38. The molecular formula is C22H24N3O4+. The average molecular weight is 394 g/mol. The number of rotatable bonds is 5. The smallest absolute Gasteiger partial charge is 0.231 e. The summed E-state index contributed by atoms with van der Waals surface area (Å²) in [7, 11) is 0. The number of aryl methyl sites for hydroxylation is 1. The summed E-state index contributed by atoms with van der Waals surface area (Å²) in [6.07, 6.45) is 0.974. The maximum Gasteiger partial charge on any atom is 0.231 e.